The number of halogens is 2. The summed E-state index contributed by atoms with van der Waals surface area (Å²) >= 11 is 3.21. The molecule has 1 unspecified atom stereocenters. The number of aliphatic carboxylic acids is 1. The van der Waals surface area contributed by atoms with Gasteiger partial charge in [0.05, 0.1) is 0 Å². The van der Waals surface area contributed by atoms with Crippen LogP contribution in [0.2, 0.25) is 0 Å². The van der Waals surface area contributed by atoms with E-state index in [1.165, 1.54) is 0 Å². The fraction of sp³-hybridized carbons (Fsp3) is 0.250. The van der Waals surface area contributed by atoms with Crippen LogP contribution in [0, 0.1) is 0 Å². The van der Waals surface area contributed by atoms with Crippen LogP contribution in [-0.4, -0.2) is 27.3 Å². The first-order chi connectivity index (χ1) is 6.11. The van der Waals surface area contributed by atoms with Gasteiger partial charge in [0, 0.05) is 23.3 Å². The summed E-state index contributed by atoms with van der Waals surface area (Å²) in [4.78, 5) is 14.2. The maximum absolute atomic E-state index is 10.3. The number of carboxylic acid groups (broad SMARTS) is 1. The summed E-state index contributed by atoms with van der Waals surface area (Å²) in [7, 11) is 0. The van der Waals surface area contributed by atoms with E-state index >= 15 is 0 Å². The second-order valence-corrected chi connectivity index (χ2v) is 3.38. The summed E-state index contributed by atoms with van der Waals surface area (Å²) in [5, 5.41) is 17.5. The highest BCUT2D eigenvalue weighted by molar-refractivity contribution is 9.10. The van der Waals surface area contributed by atoms with Crippen molar-refractivity contribution in [3.8, 4) is 0 Å². The Morgan fingerprint density at radius 1 is 1.64 bits per heavy atom. The highest BCUT2D eigenvalue weighted by Crippen LogP contribution is 2.15. The molecule has 1 aromatic heterocycles. The molecule has 0 spiro atoms. The quantitative estimate of drug-likeness (QED) is 0.875. The number of hydrogen-bond donors (Lipinski definition) is 2. The first-order valence-electron chi connectivity index (χ1n) is 3.60. The van der Waals surface area contributed by atoms with E-state index in [-0.39, 0.29) is 18.8 Å². The number of aliphatic hydroxyl groups is 1. The minimum Gasteiger partial charge on any atom is -0.479 e. The van der Waals surface area contributed by atoms with E-state index in [0.29, 0.717) is 4.47 Å². The molecule has 6 heteroatoms. The Bertz CT molecular complexity index is 321. The summed E-state index contributed by atoms with van der Waals surface area (Å²) in [5.41, 5.74) is 0.727. The lowest BCUT2D eigenvalue weighted by Gasteiger charge is -2.06. The van der Waals surface area contributed by atoms with Crippen LogP contribution in [0.4, 0.5) is 0 Å². The first kappa shape index (κ1) is 13.4. The third-order valence-electron chi connectivity index (χ3n) is 1.55. The van der Waals surface area contributed by atoms with Crippen molar-refractivity contribution < 1.29 is 15.0 Å². The molecule has 0 radical (unpaired) electrons. The van der Waals surface area contributed by atoms with E-state index < -0.39 is 12.1 Å². The second kappa shape index (κ2) is 5.95. The Hall–Kier alpha value is -0.650. The van der Waals surface area contributed by atoms with Gasteiger partial charge in [0.25, 0.3) is 0 Å². The van der Waals surface area contributed by atoms with Gasteiger partial charge >= 0.3 is 5.97 Å². The van der Waals surface area contributed by atoms with Crippen molar-refractivity contribution >= 4 is 34.3 Å². The second-order valence-electron chi connectivity index (χ2n) is 2.53. The lowest BCUT2D eigenvalue weighted by atomic mass is 10.1. The molecule has 0 fully saturated rings. The third kappa shape index (κ3) is 3.61. The van der Waals surface area contributed by atoms with Gasteiger partial charge in [-0.15, -0.1) is 12.4 Å². The van der Waals surface area contributed by atoms with Crippen molar-refractivity contribution in [1.82, 2.24) is 4.98 Å². The van der Waals surface area contributed by atoms with Gasteiger partial charge in [-0.25, -0.2) is 4.79 Å². The molecule has 0 bridgehead atoms. The fourth-order valence-electron chi connectivity index (χ4n) is 0.865. The molecule has 0 aliphatic carbocycles. The molecule has 78 valence electrons. The molecule has 0 aliphatic heterocycles. The molecular formula is C8H9BrClNO3. The van der Waals surface area contributed by atoms with Crippen LogP contribution in [-0.2, 0) is 11.2 Å². The SMILES string of the molecule is Cl.O=C(O)C(O)Cc1ccncc1Br. The van der Waals surface area contributed by atoms with Crippen LogP contribution < -0.4 is 0 Å². The molecule has 0 saturated carbocycles. The number of nitrogens with zero attached hydrogens (tertiary/aromatic N) is 1. The predicted octanol–water partition coefficient (Wildman–Crippen LogP) is 1.25. The minimum absolute atomic E-state index is 0. The normalized spacial score (nSPS) is 11.6. The van der Waals surface area contributed by atoms with Crippen LogP contribution in [0.3, 0.4) is 0 Å². The van der Waals surface area contributed by atoms with Crippen molar-refractivity contribution in [2.24, 2.45) is 0 Å². The molecular weight excluding hydrogens is 273 g/mol. The summed E-state index contributed by atoms with van der Waals surface area (Å²) in [6.07, 6.45) is 1.83. The van der Waals surface area contributed by atoms with Crippen molar-refractivity contribution in [3.05, 3.63) is 28.5 Å². The van der Waals surface area contributed by atoms with E-state index in [9.17, 15) is 4.79 Å². The molecule has 4 nitrogen and oxygen atoms in total. The Morgan fingerprint density at radius 2 is 2.29 bits per heavy atom. The number of aliphatic hydroxyl groups excluding tert-OH is 1. The van der Waals surface area contributed by atoms with Crippen LogP contribution in [0.25, 0.3) is 0 Å². The first-order valence-corrected chi connectivity index (χ1v) is 4.40. The minimum atomic E-state index is -1.36. The van der Waals surface area contributed by atoms with Crippen LogP contribution in [0.15, 0.2) is 22.9 Å². The molecule has 0 amide bonds. The van der Waals surface area contributed by atoms with Gasteiger partial charge in [-0.3, -0.25) is 4.98 Å². The smallest absolute Gasteiger partial charge is 0.332 e. The van der Waals surface area contributed by atoms with Crippen molar-refractivity contribution in [2.75, 3.05) is 0 Å². The van der Waals surface area contributed by atoms with Crippen molar-refractivity contribution in [2.45, 2.75) is 12.5 Å². The molecule has 1 heterocycles. The van der Waals surface area contributed by atoms with Crippen LogP contribution in [0.1, 0.15) is 5.56 Å². The molecule has 1 rings (SSSR count). The van der Waals surface area contributed by atoms with E-state index in [4.69, 9.17) is 10.2 Å². The number of aromatic nitrogens is 1. The van der Waals surface area contributed by atoms with Crippen molar-refractivity contribution in [1.29, 1.82) is 0 Å². The predicted molar refractivity (Wildman–Crippen MR) is 56.5 cm³/mol. The van der Waals surface area contributed by atoms with Gasteiger partial charge in [0.1, 0.15) is 0 Å². The highest BCUT2D eigenvalue weighted by atomic mass is 79.9. The molecule has 1 atom stereocenters. The molecule has 1 aromatic rings. The number of hydrogen-bond acceptors (Lipinski definition) is 3. The van der Waals surface area contributed by atoms with Crippen LogP contribution >= 0.6 is 28.3 Å². The van der Waals surface area contributed by atoms with Crippen molar-refractivity contribution in [3.63, 3.8) is 0 Å². The fourth-order valence-corrected chi connectivity index (χ4v) is 1.28. The van der Waals surface area contributed by atoms with Crippen LogP contribution in [0.5, 0.6) is 0 Å². The van der Waals surface area contributed by atoms with Gasteiger partial charge in [0.15, 0.2) is 6.10 Å². The Kier molecular flexibility index (Phi) is 5.68. The zero-order chi connectivity index (χ0) is 9.84. The van der Waals surface area contributed by atoms with E-state index in [2.05, 4.69) is 20.9 Å². The van der Waals surface area contributed by atoms with Gasteiger partial charge < -0.3 is 10.2 Å². The number of rotatable bonds is 3. The van der Waals surface area contributed by atoms with E-state index in [1.54, 1.807) is 18.5 Å². The number of pyridine rings is 1. The Labute approximate surface area is 95.5 Å². The highest BCUT2D eigenvalue weighted by Gasteiger charge is 2.14. The Balaban J connectivity index is 0.00000169. The molecule has 0 aromatic carbocycles. The number of carbonyl (C=O) groups is 1. The third-order valence-corrected chi connectivity index (χ3v) is 2.27. The number of carboxylic acids is 1. The van der Waals surface area contributed by atoms with E-state index in [0.717, 1.165) is 5.56 Å². The largest absolute Gasteiger partial charge is 0.479 e. The molecule has 2 N–H and O–H groups in total. The van der Waals surface area contributed by atoms with Gasteiger partial charge in [-0.05, 0) is 27.6 Å². The zero-order valence-corrected chi connectivity index (χ0v) is 9.46. The summed E-state index contributed by atoms with van der Waals surface area (Å²) < 4.78 is 0.704. The lowest BCUT2D eigenvalue weighted by molar-refractivity contribution is -0.146. The molecule has 14 heavy (non-hydrogen) atoms. The zero-order valence-electron chi connectivity index (χ0n) is 7.05. The molecule has 0 aliphatic rings. The van der Waals surface area contributed by atoms with Gasteiger partial charge in [-0.2, -0.15) is 0 Å². The standard InChI is InChI=1S/C8H8BrNO3.ClH/c9-6-4-10-2-1-5(6)3-7(11)8(12)13;/h1-2,4,7,11H,3H2,(H,12,13);1H. The summed E-state index contributed by atoms with van der Waals surface area (Å²) in [6.45, 7) is 0. The lowest BCUT2D eigenvalue weighted by Crippen LogP contribution is -2.22. The average Bonchev–Trinajstić information content (AvgIpc) is 2.08. The topological polar surface area (TPSA) is 70.4 Å². The van der Waals surface area contributed by atoms with Gasteiger partial charge in [0.2, 0.25) is 0 Å². The van der Waals surface area contributed by atoms with E-state index in [1.807, 2.05) is 0 Å². The summed E-state index contributed by atoms with van der Waals surface area (Å²) in [6, 6.07) is 1.66. The van der Waals surface area contributed by atoms with Gasteiger partial charge in [-0.1, -0.05) is 0 Å². The Morgan fingerprint density at radius 3 is 2.79 bits per heavy atom. The monoisotopic (exact) mass is 281 g/mol. The summed E-state index contributed by atoms with van der Waals surface area (Å²) in [5.74, 6) is -1.22. The maximum atomic E-state index is 10.3. The average molecular weight is 283 g/mol. The maximum Gasteiger partial charge on any atom is 0.332 e. The molecule has 0 saturated heterocycles.